The van der Waals surface area contributed by atoms with Gasteiger partial charge in [-0.3, -0.25) is 4.79 Å². The van der Waals surface area contributed by atoms with Crippen molar-refractivity contribution in [3.05, 3.63) is 57.9 Å². The van der Waals surface area contributed by atoms with Crippen LogP contribution in [0.5, 0.6) is 0 Å². The zero-order valence-electron chi connectivity index (χ0n) is 14.1. The van der Waals surface area contributed by atoms with Crippen molar-refractivity contribution >= 4 is 23.6 Å². The van der Waals surface area contributed by atoms with Gasteiger partial charge in [-0.2, -0.15) is 5.10 Å². The van der Waals surface area contributed by atoms with Crippen LogP contribution in [0, 0.1) is 13.8 Å². The van der Waals surface area contributed by atoms with Crippen LogP contribution in [0.4, 0.5) is 0 Å². The van der Waals surface area contributed by atoms with Gasteiger partial charge in [0.05, 0.1) is 18.8 Å². The Labute approximate surface area is 146 Å². The van der Waals surface area contributed by atoms with Crippen LogP contribution in [0.25, 0.3) is 6.08 Å². The Morgan fingerprint density at radius 2 is 2.04 bits per heavy atom. The number of aryl methyl sites for hydroxylation is 2. The lowest BCUT2D eigenvalue weighted by molar-refractivity contribution is -0.117. The molecule has 2 aromatic rings. The lowest BCUT2D eigenvalue weighted by Crippen LogP contribution is -2.33. The molecule has 1 aromatic heterocycles. The first-order chi connectivity index (χ1) is 11.4. The summed E-state index contributed by atoms with van der Waals surface area (Å²) in [7, 11) is 0. The number of nitrogens with zero attached hydrogens (tertiary/aromatic N) is 2. The zero-order valence-corrected chi connectivity index (χ0v) is 14.8. The summed E-state index contributed by atoms with van der Waals surface area (Å²) in [5.41, 5.74) is 3.78. The summed E-state index contributed by atoms with van der Waals surface area (Å²) in [6.45, 7) is 6.09. The van der Waals surface area contributed by atoms with Crippen LogP contribution >= 0.6 is 11.6 Å². The number of hydrogen-bond donors (Lipinski definition) is 2. The van der Waals surface area contributed by atoms with E-state index in [-0.39, 0.29) is 18.6 Å². The third-order valence-electron chi connectivity index (χ3n) is 3.63. The minimum absolute atomic E-state index is 0.103. The third kappa shape index (κ3) is 4.69. The first-order valence-corrected chi connectivity index (χ1v) is 8.16. The van der Waals surface area contributed by atoms with Gasteiger partial charge >= 0.3 is 0 Å². The molecule has 1 unspecified atom stereocenters. The highest BCUT2D eigenvalue weighted by atomic mass is 35.5. The van der Waals surface area contributed by atoms with E-state index >= 15 is 0 Å². The molecule has 1 heterocycles. The Hall–Kier alpha value is -2.11. The molecular formula is C18H22ClN3O2. The van der Waals surface area contributed by atoms with Gasteiger partial charge < -0.3 is 10.4 Å². The van der Waals surface area contributed by atoms with E-state index in [0.29, 0.717) is 11.7 Å². The molecule has 0 bridgehead atoms. The summed E-state index contributed by atoms with van der Waals surface area (Å²) < 4.78 is 1.72. The molecule has 1 atom stereocenters. The number of aliphatic hydroxyl groups is 1. The van der Waals surface area contributed by atoms with Gasteiger partial charge in [-0.25, -0.2) is 4.68 Å². The number of benzene rings is 1. The molecule has 0 radical (unpaired) electrons. The van der Waals surface area contributed by atoms with Crippen molar-refractivity contribution < 1.29 is 9.90 Å². The third-order valence-corrected chi connectivity index (χ3v) is 4.02. The van der Waals surface area contributed by atoms with Gasteiger partial charge in [-0.1, -0.05) is 41.4 Å². The molecule has 0 saturated heterocycles. The van der Waals surface area contributed by atoms with Crippen LogP contribution in [-0.2, 0) is 11.3 Å². The Morgan fingerprint density at radius 1 is 1.38 bits per heavy atom. The normalized spacial score (nSPS) is 12.5. The second-order valence-corrected chi connectivity index (χ2v) is 6.22. The van der Waals surface area contributed by atoms with Crippen LogP contribution in [0.2, 0.25) is 5.15 Å². The van der Waals surface area contributed by atoms with Crippen LogP contribution in [0.3, 0.4) is 0 Å². The first kappa shape index (κ1) is 18.2. The summed E-state index contributed by atoms with van der Waals surface area (Å²) in [4.78, 5) is 11.8. The van der Waals surface area contributed by atoms with E-state index < -0.39 is 0 Å². The number of aliphatic hydroxyl groups excluding tert-OH is 1. The fourth-order valence-electron chi connectivity index (χ4n) is 2.22. The van der Waals surface area contributed by atoms with Gasteiger partial charge in [0.1, 0.15) is 5.15 Å². The molecule has 2 rings (SSSR count). The number of hydrogen-bond acceptors (Lipinski definition) is 3. The fourth-order valence-corrected chi connectivity index (χ4v) is 2.52. The number of carbonyl (C=O) groups is 1. The zero-order chi connectivity index (χ0) is 17.7. The maximum atomic E-state index is 11.8. The van der Waals surface area contributed by atoms with E-state index in [0.717, 1.165) is 16.8 Å². The summed E-state index contributed by atoms with van der Waals surface area (Å²) in [6, 6.07) is 7.90. The fraction of sp³-hybridized carbons (Fsp3) is 0.333. The Balaban J connectivity index is 2.13. The highest BCUT2D eigenvalue weighted by Crippen LogP contribution is 2.22. The van der Waals surface area contributed by atoms with Crippen molar-refractivity contribution in [2.24, 2.45) is 0 Å². The van der Waals surface area contributed by atoms with Crippen molar-refractivity contribution in [3.63, 3.8) is 0 Å². The topological polar surface area (TPSA) is 67.2 Å². The number of carbonyl (C=O) groups excluding carboxylic acids is 1. The van der Waals surface area contributed by atoms with Crippen LogP contribution in [0.15, 0.2) is 30.3 Å². The average Bonchev–Trinajstić information content (AvgIpc) is 2.81. The lowest BCUT2D eigenvalue weighted by Gasteiger charge is -2.07. The molecule has 1 aromatic carbocycles. The van der Waals surface area contributed by atoms with Crippen LogP contribution in [-0.4, -0.2) is 33.4 Å². The molecule has 0 aliphatic heterocycles. The highest BCUT2D eigenvalue weighted by Gasteiger charge is 2.12. The van der Waals surface area contributed by atoms with E-state index in [1.165, 1.54) is 11.6 Å². The molecule has 0 saturated carbocycles. The van der Waals surface area contributed by atoms with Gasteiger partial charge in [0, 0.05) is 17.7 Å². The number of rotatable bonds is 6. The summed E-state index contributed by atoms with van der Waals surface area (Å²) >= 11 is 6.40. The highest BCUT2D eigenvalue weighted by molar-refractivity contribution is 6.31. The second kappa shape index (κ2) is 8.13. The standard InChI is InChI=1S/C18H22ClN3O2/c1-12-4-6-15(7-5-12)10-22-18(19)16(14(3)21-22)8-9-17(24)20-13(2)11-23/h4-9,13,23H,10-11H2,1-3H3,(H,20,24)/b9-8+. The Kier molecular flexibility index (Phi) is 6.17. The smallest absolute Gasteiger partial charge is 0.244 e. The van der Waals surface area contributed by atoms with E-state index in [9.17, 15) is 4.79 Å². The molecule has 0 aliphatic rings. The van der Waals surface area contributed by atoms with E-state index in [1.807, 2.05) is 38.1 Å². The van der Waals surface area contributed by atoms with Crippen molar-refractivity contribution in [2.45, 2.75) is 33.4 Å². The average molecular weight is 348 g/mol. The van der Waals surface area contributed by atoms with Gasteiger partial charge in [0.2, 0.25) is 5.91 Å². The van der Waals surface area contributed by atoms with Crippen molar-refractivity contribution in [1.29, 1.82) is 0 Å². The molecular weight excluding hydrogens is 326 g/mol. The first-order valence-electron chi connectivity index (χ1n) is 7.78. The van der Waals surface area contributed by atoms with Gasteiger partial charge in [-0.15, -0.1) is 0 Å². The number of aromatic nitrogens is 2. The molecule has 2 N–H and O–H groups in total. The molecule has 24 heavy (non-hydrogen) atoms. The maximum absolute atomic E-state index is 11.8. The molecule has 0 fully saturated rings. The Bertz CT molecular complexity index is 735. The molecule has 5 nitrogen and oxygen atoms in total. The van der Waals surface area contributed by atoms with E-state index in [1.54, 1.807) is 17.7 Å². The van der Waals surface area contributed by atoms with E-state index in [4.69, 9.17) is 16.7 Å². The SMILES string of the molecule is Cc1ccc(Cn2nc(C)c(/C=C/C(=O)NC(C)CO)c2Cl)cc1. The Morgan fingerprint density at radius 3 is 2.67 bits per heavy atom. The summed E-state index contributed by atoms with van der Waals surface area (Å²) in [5.74, 6) is -0.279. The number of halogens is 1. The monoisotopic (exact) mass is 347 g/mol. The van der Waals surface area contributed by atoms with Gasteiger partial charge in [0.25, 0.3) is 0 Å². The van der Waals surface area contributed by atoms with Crippen molar-refractivity contribution in [3.8, 4) is 0 Å². The second-order valence-electron chi connectivity index (χ2n) is 5.86. The maximum Gasteiger partial charge on any atom is 0.244 e. The number of amides is 1. The largest absolute Gasteiger partial charge is 0.394 e. The molecule has 1 amide bonds. The lowest BCUT2D eigenvalue weighted by atomic mass is 10.1. The van der Waals surface area contributed by atoms with Crippen molar-refractivity contribution in [2.75, 3.05) is 6.61 Å². The minimum Gasteiger partial charge on any atom is -0.394 e. The predicted octanol–water partition coefficient (Wildman–Crippen LogP) is 2.71. The molecule has 128 valence electrons. The van der Waals surface area contributed by atoms with Gasteiger partial charge in [-0.05, 0) is 32.4 Å². The quantitative estimate of drug-likeness (QED) is 0.789. The minimum atomic E-state index is -0.289. The molecule has 0 spiro atoms. The van der Waals surface area contributed by atoms with Crippen LogP contribution < -0.4 is 5.32 Å². The number of nitrogens with one attached hydrogen (secondary N) is 1. The predicted molar refractivity (Wildman–Crippen MR) is 96.0 cm³/mol. The molecule has 0 aliphatic carbocycles. The van der Waals surface area contributed by atoms with Crippen LogP contribution in [0.1, 0.15) is 29.3 Å². The molecule has 6 heteroatoms. The summed E-state index contributed by atoms with van der Waals surface area (Å²) in [5, 5.41) is 16.5. The summed E-state index contributed by atoms with van der Waals surface area (Å²) in [6.07, 6.45) is 3.05. The van der Waals surface area contributed by atoms with Gasteiger partial charge in [0.15, 0.2) is 0 Å². The van der Waals surface area contributed by atoms with E-state index in [2.05, 4.69) is 10.4 Å². The van der Waals surface area contributed by atoms with Crippen molar-refractivity contribution in [1.82, 2.24) is 15.1 Å².